The van der Waals surface area contributed by atoms with E-state index in [0.29, 0.717) is 18.2 Å². The molecule has 82 valence electrons. The van der Waals surface area contributed by atoms with E-state index in [1.165, 1.54) is 25.7 Å². The van der Waals surface area contributed by atoms with Crippen molar-refractivity contribution in [2.24, 2.45) is 5.92 Å². The van der Waals surface area contributed by atoms with Crippen LogP contribution in [0, 0.1) is 5.92 Å². The van der Waals surface area contributed by atoms with E-state index in [4.69, 9.17) is 5.73 Å². The van der Waals surface area contributed by atoms with Crippen LogP contribution in [0.3, 0.4) is 0 Å². The fraction of sp³-hybridized carbons (Fsp3) is 0.583. The molecule has 1 saturated carbocycles. The van der Waals surface area contributed by atoms with Crippen LogP contribution in [-0.2, 0) is 6.42 Å². The third kappa shape index (κ3) is 2.69. The van der Waals surface area contributed by atoms with E-state index in [1.54, 1.807) is 6.20 Å². The van der Waals surface area contributed by atoms with Crippen LogP contribution >= 0.6 is 0 Å². The minimum absolute atomic E-state index is 0.214. The first-order chi connectivity index (χ1) is 7.25. The van der Waals surface area contributed by atoms with Gasteiger partial charge in [0.15, 0.2) is 0 Å². The van der Waals surface area contributed by atoms with Crippen molar-refractivity contribution in [1.29, 1.82) is 0 Å². The van der Waals surface area contributed by atoms with Crippen molar-refractivity contribution in [2.75, 3.05) is 5.73 Å². The molecule has 1 aromatic rings. The number of pyridine rings is 1. The molecule has 1 fully saturated rings. The number of aliphatic hydroxyl groups is 1. The Morgan fingerprint density at radius 3 is 2.87 bits per heavy atom. The van der Waals surface area contributed by atoms with E-state index in [9.17, 15) is 5.11 Å². The Hall–Kier alpha value is -1.09. The Kier molecular flexibility index (Phi) is 3.21. The lowest BCUT2D eigenvalue weighted by Crippen LogP contribution is -2.20. The van der Waals surface area contributed by atoms with Gasteiger partial charge in [-0.3, -0.25) is 0 Å². The Morgan fingerprint density at radius 2 is 2.20 bits per heavy atom. The molecular weight excluding hydrogens is 188 g/mol. The molecule has 0 amide bonds. The number of nitrogens with two attached hydrogens (primary N) is 1. The maximum absolute atomic E-state index is 10.0. The second kappa shape index (κ2) is 4.62. The molecule has 0 aliphatic heterocycles. The van der Waals surface area contributed by atoms with Crippen molar-refractivity contribution in [1.82, 2.24) is 4.98 Å². The summed E-state index contributed by atoms with van der Waals surface area (Å²) in [4.78, 5) is 3.94. The van der Waals surface area contributed by atoms with Gasteiger partial charge >= 0.3 is 0 Å². The predicted molar refractivity (Wildman–Crippen MR) is 60.3 cm³/mol. The predicted octanol–water partition coefficient (Wildman–Crippen LogP) is 1.76. The molecule has 15 heavy (non-hydrogen) atoms. The normalized spacial score (nSPS) is 19.3. The summed E-state index contributed by atoms with van der Waals surface area (Å²) in [6, 6.07) is 3.77. The number of hydrogen-bond donors (Lipinski definition) is 2. The highest BCUT2D eigenvalue weighted by molar-refractivity contribution is 5.32. The minimum Gasteiger partial charge on any atom is -0.392 e. The summed E-state index contributed by atoms with van der Waals surface area (Å²) in [6.07, 6.45) is 7.06. The standard InChI is InChI=1S/C12H18N2O/c13-12-8-9(5-6-14-12)7-11(15)10-3-1-2-4-10/h5-6,8,10-11,15H,1-4,7H2,(H2,13,14). The molecule has 1 unspecified atom stereocenters. The monoisotopic (exact) mass is 206 g/mol. The first-order valence-electron chi connectivity index (χ1n) is 5.64. The molecule has 3 N–H and O–H groups in total. The van der Waals surface area contributed by atoms with Crippen LogP contribution in [0.5, 0.6) is 0 Å². The van der Waals surface area contributed by atoms with Crippen LogP contribution in [0.4, 0.5) is 5.82 Å². The molecule has 3 nitrogen and oxygen atoms in total. The van der Waals surface area contributed by atoms with Gasteiger partial charge in [0.25, 0.3) is 0 Å². The first kappa shape index (κ1) is 10.4. The van der Waals surface area contributed by atoms with Crippen LogP contribution in [0.15, 0.2) is 18.3 Å². The second-order valence-corrected chi connectivity index (χ2v) is 4.40. The molecule has 0 bridgehead atoms. The summed E-state index contributed by atoms with van der Waals surface area (Å²) < 4.78 is 0. The number of nitrogens with zero attached hydrogens (tertiary/aromatic N) is 1. The lowest BCUT2D eigenvalue weighted by Gasteiger charge is -2.17. The van der Waals surface area contributed by atoms with Gasteiger partial charge in [-0.1, -0.05) is 12.8 Å². The zero-order valence-electron chi connectivity index (χ0n) is 8.89. The van der Waals surface area contributed by atoms with E-state index in [-0.39, 0.29) is 6.10 Å². The highest BCUT2D eigenvalue weighted by atomic mass is 16.3. The lowest BCUT2D eigenvalue weighted by atomic mass is 9.95. The van der Waals surface area contributed by atoms with Crippen LogP contribution < -0.4 is 5.73 Å². The maximum atomic E-state index is 10.0. The summed E-state index contributed by atoms with van der Waals surface area (Å²) in [5.41, 5.74) is 6.68. The molecule has 0 aromatic carbocycles. The van der Waals surface area contributed by atoms with Gasteiger partial charge in [-0.15, -0.1) is 0 Å². The fourth-order valence-electron chi connectivity index (χ4n) is 2.37. The molecule has 3 heteroatoms. The van der Waals surface area contributed by atoms with Crippen molar-refractivity contribution in [2.45, 2.75) is 38.2 Å². The van der Waals surface area contributed by atoms with E-state index in [0.717, 1.165) is 5.56 Å². The zero-order chi connectivity index (χ0) is 10.7. The van der Waals surface area contributed by atoms with Gasteiger partial charge in [-0.25, -0.2) is 4.98 Å². The lowest BCUT2D eigenvalue weighted by molar-refractivity contribution is 0.111. The van der Waals surface area contributed by atoms with Crippen LogP contribution in [0.1, 0.15) is 31.2 Å². The summed E-state index contributed by atoms with van der Waals surface area (Å²) in [6.45, 7) is 0. The van der Waals surface area contributed by atoms with Crippen molar-refractivity contribution in [3.8, 4) is 0 Å². The SMILES string of the molecule is Nc1cc(CC(O)C2CCCC2)ccn1. The molecule has 1 aliphatic carbocycles. The van der Waals surface area contributed by atoms with Crippen LogP contribution in [-0.4, -0.2) is 16.2 Å². The van der Waals surface area contributed by atoms with Crippen molar-refractivity contribution in [3.63, 3.8) is 0 Å². The van der Waals surface area contributed by atoms with Gasteiger partial charge in [0, 0.05) is 6.20 Å². The summed E-state index contributed by atoms with van der Waals surface area (Å²) in [7, 11) is 0. The molecule has 0 saturated heterocycles. The van der Waals surface area contributed by atoms with Crippen molar-refractivity contribution >= 4 is 5.82 Å². The molecule has 1 atom stereocenters. The molecule has 1 heterocycles. The van der Waals surface area contributed by atoms with E-state index < -0.39 is 0 Å². The van der Waals surface area contributed by atoms with Gasteiger partial charge in [0.1, 0.15) is 5.82 Å². The zero-order valence-corrected chi connectivity index (χ0v) is 8.89. The van der Waals surface area contributed by atoms with Gasteiger partial charge in [0.05, 0.1) is 6.10 Å². The fourth-order valence-corrected chi connectivity index (χ4v) is 2.37. The number of aliphatic hydroxyl groups excluding tert-OH is 1. The molecule has 0 radical (unpaired) electrons. The molecule has 1 aromatic heterocycles. The van der Waals surface area contributed by atoms with Gasteiger partial charge < -0.3 is 10.8 Å². The summed E-state index contributed by atoms with van der Waals surface area (Å²) in [5.74, 6) is 1.02. The van der Waals surface area contributed by atoms with Crippen LogP contribution in [0.2, 0.25) is 0 Å². The number of aromatic nitrogens is 1. The third-order valence-electron chi connectivity index (χ3n) is 3.23. The summed E-state index contributed by atoms with van der Waals surface area (Å²) in [5, 5.41) is 10.0. The number of hydrogen-bond acceptors (Lipinski definition) is 3. The largest absolute Gasteiger partial charge is 0.392 e. The van der Waals surface area contributed by atoms with Gasteiger partial charge in [0.2, 0.25) is 0 Å². The second-order valence-electron chi connectivity index (χ2n) is 4.40. The van der Waals surface area contributed by atoms with Crippen molar-refractivity contribution in [3.05, 3.63) is 23.9 Å². The average molecular weight is 206 g/mol. The van der Waals surface area contributed by atoms with Gasteiger partial charge in [-0.2, -0.15) is 0 Å². The number of rotatable bonds is 3. The molecule has 0 spiro atoms. The minimum atomic E-state index is -0.214. The summed E-state index contributed by atoms with van der Waals surface area (Å²) >= 11 is 0. The van der Waals surface area contributed by atoms with E-state index in [2.05, 4.69) is 4.98 Å². The van der Waals surface area contributed by atoms with Gasteiger partial charge in [-0.05, 0) is 42.9 Å². The molecule has 1 aliphatic rings. The number of nitrogen functional groups attached to an aromatic ring is 1. The maximum Gasteiger partial charge on any atom is 0.123 e. The van der Waals surface area contributed by atoms with E-state index >= 15 is 0 Å². The Morgan fingerprint density at radius 1 is 1.47 bits per heavy atom. The quantitative estimate of drug-likeness (QED) is 0.792. The number of anilines is 1. The Labute approximate surface area is 90.3 Å². The Balaban J connectivity index is 1.95. The van der Waals surface area contributed by atoms with Crippen molar-refractivity contribution < 1.29 is 5.11 Å². The first-order valence-corrected chi connectivity index (χ1v) is 5.64. The highest BCUT2D eigenvalue weighted by Gasteiger charge is 2.23. The molecular formula is C12H18N2O. The third-order valence-corrected chi connectivity index (χ3v) is 3.23. The average Bonchev–Trinajstić information content (AvgIpc) is 2.70. The van der Waals surface area contributed by atoms with Crippen LogP contribution in [0.25, 0.3) is 0 Å². The Bertz CT molecular complexity index is 321. The molecule has 2 rings (SSSR count). The topological polar surface area (TPSA) is 59.1 Å². The van der Waals surface area contributed by atoms with E-state index in [1.807, 2.05) is 12.1 Å². The highest BCUT2D eigenvalue weighted by Crippen LogP contribution is 2.29. The smallest absolute Gasteiger partial charge is 0.123 e.